The third kappa shape index (κ3) is 6.31. The zero-order valence-corrected chi connectivity index (χ0v) is 28.8. The highest BCUT2D eigenvalue weighted by atomic mass is 14.2. The van der Waals surface area contributed by atoms with E-state index in [4.69, 9.17) is 0 Å². The first-order valence-electron chi connectivity index (χ1n) is 17.5. The molecule has 0 aromatic heterocycles. The van der Waals surface area contributed by atoms with Gasteiger partial charge in [-0.25, -0.2) is 0 Å². The van der Waals surface area contributed by atoms with Gasteiger partial charge < -0.3 is 0 Å². The van der Waals surface area contributed by atoms with Gasteiger partial charge in [0.1, 0.15) is 0 Å². The van der Waals surface area contributed by atoms with Crippen molar-refractivity contribution in [2.24, 2.45) is 5.92 Å². The van der Waals surface area contributed by atoms with Crippen LogP contribution in [0, 0.1) is 5.92 Å². The van der Waals surface area contributed by atoms with Crippen LogP contribution in [0.2, 0.25) is 0 Å². The van der Waals surface area contributed by atoms with E-state index in [0.717, 1.165) is 0 Å². The van der Waals surface area contributed by atoms with Crippen LogP contribution in [0.15, 0.2) is 182 Å². The minimum absolute atomic E-state index is 0.410. The Balaban J connectivity index is 0.00000186. The van der Waals surface area contributed by atoms with Gasteiger partial charge in [0.25, 0.3) is 0 Å². The smallest absolute Gasteiger partial charge is 0.000710 e. The summed E-state index contributed by atoms with van der Waals surface area (Å²) in [6.45, 7) is 8.38. The van der Waals surface area contributed by atoms with Gasteiger partial charge in [-0.1, -0.05) is 179 Å². The number of hydrogen-bond acceptors (Lipinski definition) is 0. The molecule has 49 heavy (non-hydrogen) atoms. The van der Waals surface area contributed by atoms with E-state index in [1.807, 2.05) is 13.8 Å². The summed E-state index contributed by atoms with van der Waals surface area (Å²) in [5.74, 6) is 0.410. The summed E-state index contributed by atoms with van der Waals surface area (Å²) in [4.78, 5) is 0. The van der Waals surface area contributed by atoms with Crippen LogP contribution < -0.4 is 0 Å². The van der Waals surface area contributed by atoms with Gasteiger partial charge in [-0.05, 0) is 113 Å². The SMILES string of the molecule is C/C=C(\C=C1\C=CC=CC1C)c1ccc(-c2cc(-c3cccc4ccccc34)cc3ccc(-c4cccc5ccccc45)cc23)cc1.CC. The number of benzene rings is 7. The molecule has 0 bridgehead atoms. The summed E-state index contributed by atoms with van der Waals surface area (Å²) >= 11 is 0. The molecule has 0 radical (unpaired) electrons. The quantitative estimate of drug-likeness (QED) is 0.177. The van der Waals surface area contributed by atoms with Crippen LogP contribution in [0.3, 0.4) is 0 Å². The molecule has 0 saturated heterocycles. The highest BCUT2D eigenvalue weighted by molar-refractivity contribution is 6.07. The molecule has 0 heteroatoms. The average Bonchev–Trinajstić information content (AvgIpc) is 3.17. The molecule has 0 nitrogen and oxygen atoms in total. The molecule has 0 N–H and O–H groups in total. The van der Waals surface area contributed by atoms with Crippen molar-refractivity contribution in [1.29, 1.82) is 0 Å². The maximum atomic E-state index is 2.39. The summed E-state index contributed by atoms with van der Waals surface area (Å²) in [7, 11) is 0. The van der Waals surface area contributed by atoms with Crippen molar-refractivity contribution >= 4 is 37.9 Å². The summed E-state index contributed by atoms with van der Waals surface area (Å²) in [5, 5.41) is 7.56. The molecule has 7 aromatic carbocycles. The summed E-state index contributed by atoms with van der Waals surface area (Å²) in [5.41, 5.74) is 11.2. The van der Waals surface area contributed by atoms with Crippen molar-refractivity contribution in [3.63, 3.8) is 0 Å². The Labute approximate surface area is 291 Å². The van der Waals surface area contributed by atoms with Crippen LogP contribution in [0.5, 0.6) is 0 Å². The van der Waals surface area contributed by atoms with Gasteiger partial charge in [0.05, 0.1) is 0 Å². The van der Waals surface area contributed by atoms with Crippen LogP contribution >= 0.6 is 0 Å². The zero-order chi connectivity index (χ0) is 33.7. The maximum Gasteiger partial charge on any atom is -0.000710 e. The Morgan fingerprint density at radius 2 is 1.12 bits per heavy atom. The molecule has 0 aliphatic heterocycles. The van der Waals surface area contributed by atoms with Crippen molar-refractivity contribution < 1.29 is 0 Å². The molecule has 0 heterocycles. The van der Waals surface area contributed by atoms with E-state index in [0.29, 0.717) is 5.92 Å². The van der Waals surface area contributed by atoms with Crippen LogP contribution in [0.4, 0.5) is 0 Å². The van der Waals surface area contributed by atoms with E-state index in [1.54, 1.807) is 0 Å². The standard InChI is InChI=1S/C47H36.C2H6/c1-3-33(28-38-15-5-4-12-32(38)2)34-22-24-37(25-23-34)46-31-41(45-21-11-17-36-14-7-9-19-43(36)45)29-39-26-27-40(30-47(39)46)44-20-10-16-35-13-6-8-18-42(35)44;1-2/h3-32H,1-2H3;1-2H3/b33-3+,38-28-;. The van der Waals surface area contributed by atoms with Crippen LogP contribution in [0.25, 0.3) is 71.3 Å². The third-order valence-electron chi connectivity index (χ3n) is 9.64. The topological polar surface area (TPSA) is 0 Å². The van der Waals surface area contributed by atoms with Crippen molar-refractivity contribution in [2.75, 3.05) is 0 Å². The molecule has 238 valence electrons. The first-order valence-corrected chi connectivity index (χ1v) is 17.5. The predicted octanol–water partition coefficient (Wildman–Crippen LogP) is 14.3. The second-order valence-electron chi connectivity index (χ2n) is 12.5. The summed E-state index contributed by atoms with van der Waals surface area (Å²) in [6.07, 6.45) is 13.3. The Bertz CT molecular complexity index is 2400. The first-order chi connectivity index (χ1) is 24.2. The maximum absolute atomic E-state index is 2.39. The number of rotatable bonds is 5. The highest BCUT2D eigenvalue weighted by Crippen LogP contribution is 2.40. The van der Waals surface area contributed by atoms with Crippen molar-refractivity contribution in [3.05, 3.63) is 187 Å². The average molecular weight is 631 g/mol. The molecule has 0 fully saturated rings. The number of hydrogen-bond donors (Lipinski definition) is 0. The lowest BCUT2D eigenvalue weighted by atomic mass is 9.88. The van der Waals surface area contributed by atoms with E-state index >= 15 is 0 Å². The van der Waals surface area contributed by atoms with Crippen LogP contribution in [-0.2, 0) is 0 Å². The zero-order valence-electron chi connectivity index (χ0n) is 28.8. The molecular formula is C49H42. The van der Waals surface area contributed by atoms with E-state index in [2.05, 4.69) is 190 Å². The molecule has 0 saturated carbocycles. The number of allylic oxidation sites excluding steroid dienone is 8. The van der Waals surface area contributed by atoms with Crippen LogP contribution in [0.1, 0.15) is 33.3 Å². The fraction of sp³-hybridized carbons (Fsp3) is 0.102. The highest BCUT2D eigenvalue weighted by Gasteiger charge is 2.14. The molecule has 1 aliphatic rings. The molecule has 7 aromatic rings. The van der Waals surface area contributed by atoms with E-state index in [-0.39, 0.29) is 0 Å². The first kappa shape index (κ1) is 31.9. The Hall–Kier alpha value is -5.72. The predicted molar refractivity (Wildman–Crippen MR) is 216 cm³/mol. The minimum Gasteiger partial charge on any atom is -0.0798 e. The van der Waals surface area contributed by atoms with E-state index in [1.165, 1.54) is 82.4 Å². The molecule has 0 amide bonds. The van der Waals surface area contributed by atoms with Gasteiger partial charge in [0, 0.05) is 0 Å². The second kappa shape index (κ2) is 14.2. The van der Waals surface area contributed by atoms with Crippen molar-refractivity contribution in [3.8, 4) is 33.4 Å². The lowest BCUT2D eigenvalue weighted by molar-refractivity contribution is 0.884. The van der Waals surface area contributed by atoms with Crippen molar-refractivity contribution in [2.45, 2.75) is 27.7 Å². The Morgan fingerprint density at radius 3 is 1.78 bits per heavy atom. The third-order valence-corrected chi connectivity index (χ3v) is 9.64. The van der Waals surface area contributed by atoms with Gasteiger partial charge in [0.2, 0.25) is 0 Å². The molecule has 0 spiro atoms. The summed E-state index contributed by atoms with van der Waals surface area (Å²) in [6, 6.07) is 51.5. The lowest BCUT2D eigenvalue weighted by Crippen LogP contribution is -1.96. The molecule has 1 unspecified atom stereocenters. The van der Waals surface area contributed by atoms with Gasteiger partial charge in [-0.15, -0.1) is 0 Å². The lowest BCUT2D eigenvalue weighted by Gasteiger charge is -2.16. The van der Waals surface area contributed by atoms with Gasteiger partial charge in [-0.2, -0.15) is 0 Å². The normalized spacial score (nSPS) is 15.1. The molecule has 1 atom stereocenters. The molecule has 1 aliphatic carbocycles. The Morgan fingerprint density at radius 1 is 0.510 bits per heavy atom. The van der Waals surface area contributed by atoms with Gasteiger partial charge in [-0.3, -0.25) is 0 Å². The van der Waals surface area contributed by atoms with Gasteiger partial charge >= 0.3 is 0 Å². The molecule has 8 rings (SSSR count). The molecular weight excluding hydrogens is 589 g/mol. The van der Waals surface area contributed by atoms with Crippen LogP contribution in [-0.4, -0.2) is 0 Å². The summed E-state index contributed by atoms with van der Waals surface area (Å²) < 4.78 is 0. The fourth-order valence-corrected chi connectivity index (χ4v) is 7.07. The second-order valence-corrected chi connectivity index (χ2v) is 12.5. The van der Waals surface area contributed by atoms with E-state index in [9.17, 15) is 0 Å². The monoisotopic (exact) mass is 630 g/mol. The van der Waals surface area contributed by atoms with E-state index < -0.39 is 0 Å². The largest absolute Gasteiger partial charge is 0.0798 e. The fourth-order valence-electron chi connectivity index (χ4n) is 7.07. The minimum atomic E-state index is 0.410. The number of fused-ring (bicyclic) bond motifs is 3. The Kier molecular flexibility index (Phi) is 9.22. The van der Waals surface area contributed by atoms with Crippen molar-refractivity contribution in [1.82, 2.24) is 0 Å². The van der Waals surface area contributed by atoms with Gasteiger partial charge in [0.15, 0.2) is 0 Å².